The van der Waals surface area contributed by atoms with Crippen LogP contribution in [0, 0.1) is 6.92 Å². The standard InChI is InChI=1S/C12H20N2O/c1-10-5-3-4-6-11(10)7-14(2)8-12(13)9-15/h3-6,12,15H,7-9,13H2,1-2H3. The van der Waals surface area contributed by atoms with Crippen molar-refractivity contribution in [2.24, 2.45) is 5.73 Å². The van der Waals surface area contributed by atoms with Gasteiger partial charge in [0.25, 0.3) is 0 Å². The van der Waals surface area contributed by atoms with Crippen molar-refractivity contribution in [1.82, 2.24) is 4.90 Å². The first-order valence-electron chi connectivity index (χ1n) is 5.23. The predicted octanol–water partition coefficient (Wildman–Crippen LogP) is 0.746. The maximum atomic E-state index is 8.85. The molecular formula is C12H20N2O. The number of likely N-dealkylation sites (N-methyl/N-ethyl adjacent to an activating group) is 1. The monoisotopic (exact) mass is 208 g/mol. The molecule has 3 N–H and O–H groups in total. The second-order valence-corrected chi connectivity index (χ2v) is 4.07. The maximum absolute atomic E-state index is 8.85. The minimum absolute atomic E-state index is 0.0398. The van der Waals surface area contributed by atoms with Crippen molar-refractivity contribution in [3.63, 3.8) is 0 Å². The Labute approximate surface area is 91.5 Å². The molecule has 1 rings (SSSR count). The van der Waals surface area contributed by atoms with Crippen LogP contribution in [-0.4, -0.2) is 36.2 Å². The minimum Gasteiger partial charge on any atom is -0.395 e. The smallest absolute Gasteiger partial charge is 0.0595 e. The molecule has 1 aromatic rings. The van der Waals surface area contributed by atoms with Crippen molar-refractivity contribution in [3.05, 3.63) is 35.4 Å². The van der Waals surface area contributed by atoms with Gasteiger partial charge in [-0.1, -0.05) is 24.3 Å². The predicted molar refractivity (Wildman–Crippen MR) is 62.6 cm³/mol. The van der Waals surface area contributed by atoms with E-state index in [9.17, 15) is 0 Å². The van der Waals surface area contributed by atoms with Gasteiger partial charge in [0.05, 0.1) is 6.61 Å². The van der Waals surface area contributed by atoms with E-state index in [0.717, 1.165) is 6.54 Å². The molecule has 3 heteroatoms. The Balaban J connectivity index is 2.51. The topological polar surface area (TPSA) is 49.5 Å². The van der Waals surface area contributed by atoms with Crippen LogP contribution in [-0.2, 0) is 6.54 Å². The molecule has 0 bridgehead atoms. The van der Waals surface area contributed by atoms with Crippen molar-refractivity contribution in [2.45, 2.75) is 19.5 Å². The van der Waals surface area contributed by atoms with Gasteiger partial charge >= 0.3 is 0 Å². The molecule has 0 spiro atoms. The van der Waals surface area contributed by atoms with Crippen molar-refractivity contribution in [2.75, 3.05) is 20.2 Å². The Morgan fingerprint density at radius 2 is 2.07 bits per heavy atom. The molecule has 0 aromatic heterocycles. The number of hydrogen-bond acceptors (Lipinski definition) is 3. The SMILES string of the molecule is Cc1ccccc1CN(C)CC(N)CO. The number of benzene rings is 1. The van der Waals surface area contributed by atoms with E-state index in [0.29, 0.717) is 6.54 Å². The molecule has 1 aromatic carbocycles. The molecule has 15 heavy (non-hydrogen) atoms. The highest BCUT2D eigenvalue weighted by Crippen LogP contribution is 2.09. The Kier molecular flexibility index (Phi) is 4.75. The van der Waals surface area contributed by atoms with E-state index >= 15 is 0 Å². The zero-order valence-corrected chi connectivity index (χ0v) is 9.48. The van der Waals surface area contributed by atoms with Gasteiger partial charge < -0.3 is 15.7 Å². The fourth-order valence-electron chi connectivity index (χ4n) is 1.60. The van der Waals surface area contributed by atoms with Crippen LogP contribution in [0.1, 0.15) is 11.1 Å². The molecule has 0 aliphatic rings. The van der Waals surface area contributed by atoms with Gasteiger partial charge in [0, 0.05) is 19.1 Å². The summed E-state index contributed by atoms with van der Waals surface area (Å²) in [6.45, 7) is 3.73. The fourth-order valence-corrected chi connectivity index (χ4v) is 1.60. The van der Waals surface area contributed by atoms with Crippen molar-refractivity contribution in [1.29, 1.82) is 0 Å². The molecule has 0 amide bonds. The molecule has 0 aliphatic carbocycles. The third-order valence-electron chi connectivity index (χ3n) is 2.48. The molecule has 3 nitrogen and oxygen atoms in total. The number of hydrogen-bond donors (Lipinski definition) is 2. The highest BCUT2D eigenvalue weighted by Gasteiger charge is 2.06. The fraction of sp³-hybridized carbons (Fsp3) is 0.500. The highest BCUT2D eigenvalue weighted by atomic mass is 16.3. The number of rotatable bonds is 5. The third kappa shape index (κ3) is 4.00. The van der Waals surface area contributed by atoms with E-state index in [-0.39, 0.29) is 12.6 Å². The van der Waals surface area contributed by atoms with E-state index in [1.807, 2.05) is 19.2 Å². The van der Waals surface area contributed by atoms with Crippen molar-refractivity contribution >= 4 is 0 Å². The summed E-state index contributed by atoms with van der Waals surface area (Å²) in [6, 6.07) is 8.16. The summed E-state index contributed by atoms with van der Waals surface area (Å²) in [7, 11) is 2.02. The summed E-state index contributed by atoms with van der Waals surface area (Å²) in [6.07, 6.45) is 0. The van der Waals surface area contributed by atoms with Crippen LogP contribution in [0.4, 0.5) is 0 Å². The Morgan fingerprint density at radius 1 is 1.40 bits per heavy atom. The lowest BCUT2D eigenvalue weighted by molar-refractivity contribution is 0.218. The van der Waals surface area contributed by atoms with E-state index < -0.39 is 0 Å². The van der Waals surface area contributed by atoms with Gasteiger partial charge in [-0.05, 0) is 25.1 Å². The summed E-state index contributed by atoms with van der Waals surface area (Å²) in [4.78, 5) is 2.13. The van der Waals surface area contributed by atoms with Crippen molar-refractivity contribution in [3.8, 4) is 0 Å². The Bertz CT molecular complexity index is 301. The summed E-state index contributed by atoms with van der Waals surface area (Å²) >= 11 is 0. The normalized spacial score (nSPS) is 13.1. The third-order valence-corrected chi connectivity index (χ3v) is 2.48. The molecule has 0 heterocycles. The van der Waals surface area contributed by atoms with E-state index in [2.05, 4.69) is 24.0 Å². The molecule has 0 fully saturated rings. The lowest BCUT2D eigenvalue weighted by Gasteiger charge is -2.20. The van der Waals surface area contributed by atoms with Gasteiger partial charge in [-0.2, -0.15) is 0 Å². The quantitative estimate of drug-likeness (QED) is 0.750. The van der Waals surface area contributed by atoms with Gasteiger partial charge in [-0.25, -0.2) is 0 Å². The summed E-state index contributed by atoms with van der Waals surface area (Å²) < 4.78 is 0. The van der Waals surface area contributed by atoms with Crippen LogP contribution in [0.25, 0.3) is 0 Å². The van der Waals surface area contributed by atoms with Crippen LogP contribution in [0.2, 0.25) is 0 Å². The van der Waals surface area contributed by atoms with Crippen LogP contribution in [0.15, 0.2) is 24.3 Å². The molecule has 1 unspecified atom stereocenters. The first-order chi connectivity index (χ1) is 7.13. The second kappa shape index (κ2) is 5.85. The first kappa shape index (κ1) is 12.2. The molecule has 1 atom stereocenters. The largest absolute Gasteiger partial charge is 0.395 e. The lowest BCUT2D eigenvalue weighted by atomic mass is 10.1. The molecule has 0 radical (unpaired) electrons. The molecule has 0 saturated heterocycles. The van der Waals surface area contributed by atoms with E-state index in [1.165, 1.54) is 11.1 Å². The molecule has 0 saturated carbocycles. The van der Waals surface area contributed by atoms with Crippen LogP contribution in [0.5, 0.6) is 0 Å². The van der Waals surface area contributed by atoms with Gasteiger partial charge in [-0.15, -0.1) is 0 Å². The minimum atomic E-state index is -0.154. The van der Waals surface area contributed by atoms with Gasteiger partial charge in [0.1, 0.15) is 0 Å². The number of aliphatic hydroxyl groups excluding tert-OH is 1. The number of nitrogens with two attached hydrogens (primary N) is 1. The van der Waals surface area contributed by atoms with E-state index in [1.54, 1.807) is 0 Å². The van der Waals surface area contributed by atoms with Gasteiger partial charge in [0.2, 0.25) is 0 Å². The Morgan fingerprint density at radius 3 is 2.67 bits per heavy atom. The summed E-state index contributed by atoms with van der Waals surface area (Å²) in [5.74, 6) is 0. The maximum Gasteiger partial charge on any atom is 0.0595 e. The summed E-state index contributed by atoms with van der Waals surface area (Å²) in [5, 5.41) is 8.85. The summed E-state index contributed by atoms with van der Waals surface area (Å²) in [5.41, 5.74) is 8.28. The van der Waals surface area contributed by atoms with Gasteiger partial charge in [-0.3, -0.25) is 0 Å². The lowest BCUT2D eigenvalue weighted by Crippen LogP contribution is -2.37. The first-order valence-corrected chi connectivity index (χ1v) is 5.23. The van der Waals surface area contributed by atoms with Gasteiger partial charge in [0.15, 0.2) is 0 Å². The average molecular weight is 208 g/mol. The van der Waals surface area contributed by atoms with Crippen LogP contribution in [0.3, 0.4) is 0 Å². The number of nitrogens with zero attached hydrogens (tertiary/aromatic N) is 1. The van der Waals surface area contributed by atoms with E-state index in [4.69, 9.17) is 10.8 Å². The molecule has 0 aliphatic heterocycles. The second-order valence-electron chi connectivity index (χ2n) is 4.07. The van der Waals surface area contributed by atoms with Crippen molar-refractivity contribution < 1.29 is 5.11 Å². The molecule has 84 valence electrons. The van der Waals surface area contributed by atoms with Crippen LogP contribution >= 0.6 is 0 Å². The Hall–Kier alpha value is -0.900. The zero-order chi connectivity index (χ0) is 11.3. The average Bonchev–Trinajstić information content (AvgIpc) is 2.21. The van der Waals surface area contributed by atoms with Crippen LogP contribution < -0.4 is 5.73 Å². The number of aliphatic hydroxyl groups is 1. The number of aryl methyl sites for hydroxylation is 1. The molecular weight excluding hydrogens is 188 g/mol. The highest BCUT2D eigenvalue weighted by molar-refractivity contribution is 5.25. The zero-order valence-electron chi connectivity index (χ0n) is 9.48.